The van der Waals surface area contributed by atoms with E-state index in [-0.39, 0.29) is 18.1 Å². The summed E-state index contributed by atoms with van der Waals surface area (Å²) in [7, 11) is 0. The van der Waals surface area contributed by atoms with Gasteiger partial charge in [-0.2, -0.15) is 0 Å². The zero-order valence-corrected chi connectivity index (χ0v) is 11.9. The largest absolute Gasteiger partial charge is 0.482 e. The van der Waals surface area contributed by atoms with Crippen LogP contribution in [0, 0.1) is 11.6 Å². The normalized spacial score (nSPS) is 10.7. The fourth-order valence-corrected chi connectivity index (χ4v) is 1.87. The number of halogens is 2. The summed E-state index contributed by atoms with van der Waals surface area (Å²) in [5, 5.41) is 0. The first-order valence-electron chi connectivity index (χ1n) is 6.68. The molecular formula is C17H16F2O2. The van der Waals surface area contributed by atoms with E-state index in [1.54, 1.807) is 12.1 Å². The Bertz CT molecular complexity index is 634. The zero-order chi connectivity index (χ0) is 15.4. The van der Waals surface area contributed by atoms with Crippen molar-refractivity contribution in [3.8, 4) is 5.75 Å². The predicted molar refractivity (Wildman–Crippen MR) is 76.7 cm³/mol. The Morgan fingerprint density at radius 1 is 1.10 bits per heavy atom. The lowest BCUT2D eigenvalue weighted by Crippen LogP contribution is -2.12. The smallest absolute Gasteiger partial charge is 0.200 e. The molecule has 0 fully saturated rings. The van der Waals surface area contributed by atoms with Gasteiger partial charge in [-0.1, -0.05) is 38.1 Å². The second-order valence-electron chi connectivity index (χ2n) is 5.06. The van der Waals surface area contributed by atoms with Crippen molar-refractivity contribution in [1.82, 2.24) is 0 Å². The van der Waals surface area contributed by atoms with Crippen molar-refractivity contribution < 1.29 is 18.3 Å². The first-order chi connectivity index (χ1) is 9.97. The Hall–Kier alpha value is -2.23. The minimum Gasteiger partial charge on any atom is -0.482 e. The molecule has 2 rings (SSSR count). The number of ether oxygens (including phenoxy) is 1. The molecule has 0 spiro atoms. The Balaban J connectivity index is 2.01. The minimum absolute atomic E-state index is 0.136. The molecule has 2 aromatic rings. The van der Waals surface area contributed by atoms with Gasteiger partial charge < -0.3 is 4.74 Å². The van der Waals surface area contributed by atoms with Crippen molar-refractivity contribution in [2.75, 3.05) is 6.61 Å². The number of hydrogen-bond donors (Lipinski definition) is 0. The highest BCUT2D eigenvalue weighted by Gasteiger charge is 2.10. The highest BCUT2D eigenvalue weighted by Crippen LogP contribution is 2.18. The fraction of sp³-hybridized carbons (Fsp3) is 0.235. The van der Waals surface area contributed by atoms with Crippen LogP contribution in [0.1, 0.15) is 35.7 Å². The van der Waals surface area contributed by atoms with E-state index in [1.165, 1.54) is 6.07 Å². The van der Waals surface area contributed by atoms with Crippen molar-refractivity contribution in [2.24, 2.45) is 0 Å². The Kier molecular flexibility index (Phi) is 4.68. The molecule has 0 saturated heterocycles. The van der Waals surface area contributed by atoms with Crippen LogP contribution in [-0.2, 0) is 0 Å². The van der Waals surface area contributed by atoms with Crippen LogP contribution in [0.2, 0.25) is 0 Å². The molecule has 0 atom stereocenters. The summed E-state index contributed by atoms with van der Waals surface area (Å²) in [6, 6.07) is 10.2. The van der Waals surface area contributed by atoms with Gasteiger partial charge in [0.05, 0.1) is 0 Å². The summed E-state index contributed by atoms with van der Waals surface area (Å²) < 4.78 is 31.2. The molecule has 0 unspecified atom stereocenters. The van der Waals surface area contributed by atoms with Crippen molar-refractivity contribution in [2.45, 2.75) is 19.8 Å². The lowest BCUT2D eigenvalue weighted by molar-refractivity contribution is 0.0918. The second-order valence-corrected chi connectivity index (χ2v) is 5.06. The Morgan fingerprint density at radius 2 is 1.76 bits per heavy atom. The average Bonchev–Trinajstić information content (AvgIpc) is 2.46. The first-order valence-corrected chi connectivity index (χ1v) is 6.68. The molecule has 0 aliphatic heterocycles. The van der Waals surface area contributed by atoms with Gasteiger partial charge in [0.2, 0.25) is 0 Å². The standard InChI is InChI=1S/C17H16F2O2/c1-11(2)12-3-5-13(6-4-12)16(20)10-21-17-8-7-14(18)9-15(17)19/h3-9,11H,10H2,1-2H3. The van der Waals surface area contributed by atoms with E-state index in [0.717, 1.165) is 17.7 Å². The molecule has 0 aromatic heterocycles. The molecule has 0 saturated carbocycles. The van der Waals surface area contributed by atoms with Gasteiger partial charge in [0.1, 0.15) is 5.82 Å². The van der Waals surface area contributed by atoms with Crippen LogP contribution in [0.5, 0.6) is 5.75 Å². The molecule has 0 amide bonds. The number of carbonyl (C=O) groups is 1. The van der Waals surface area contributed by atoms with E-state index in [2.05, 4.69) is 13.8 Å². The van der Waals surface area contributed by atoms with Crippen LogP contribution in [0.25, 0.3) is 0 Å². The zero-order valence-electron chi connectivity index (χ0n) is 11.9. The molecule has 2 aromatic carbocycles. The van der Waals surface area contributed by atoms with Gasteiger partial charge in [0.25, 0.3) is 0 Å². The van der Waals surface area contributed by atoms with Crippen LogP contribution in [-0.4, -0.2) is 12.4 Å². The van der Waals surface area contributed by atoms with Gasteiger partial charge in [-0.25, -0.2) is 8.78 Å². The summed E-state index contributed by atoms with van der Waals surface area (Å²) in [6.07, 6.45) is 0. The van der Waals surface area contributed by atoms with Crippen LogP contribution in [0.15, 0.2) is 42.5 Å². The molecule has 0 aliphatic rings. The van der Waals surface area contributed by atoms with Crippen LogP contribution in [0.4, 0.5) is 8.78 Å². The highest BCUT2D eigenvalue weighted by atomic mass is 19.1. The number of hydrogen-bond acceptors (Lipinski definition) is 2. The van der Waals surface area contributed by atoms with E-state index in [1.807, 2.05) is 12.1 Å². The van der Waals surface area contributed by atoms with E-state index in [4.69, 9.17) is 4.74 Å². The lowest BCUT2D eigenvalue weighted by Gasteiger charge is -2.08. The van der Waals surface area contributed by atoms with Crippen molar-refractivity contribution in [3.05, 3.63) is 65.2 Å². The maximum atomic E-state index is 13.4. The van der Waals surface area contributed by atoms with Crippen LogP contribution < -0.4 is 4.74 Å². The van der Waals surface area contributed by atoms with Gasteiger partial charge in [-0.15, -0.1) is 0 Å². The van der Waals surface area contributed by atoms with Gasteiger partial charge >= 0.3 is 0 Å². The maximum absolute atomic E-state index is 13.4. The van der Waals surface area contributed by atoms with Gasteiger partial charge in [0.15, 0.2) is 24.0 Å². The fourth-order valence-electron chi connectivity index (χ4n) is 1.87. The molecule has 4 heteroatoms. The maximum Gasteiger partial charge on any atom is 0.200 e. The monoisotopic (exact) mass is 290 g/mol. The topological polar surface area (TPSA) is 26.3 Å². The SMILES string of the molecule is CC(C)c1ccc(C(=O)COc2ccc(F)cc2F)cc1. The van der Waals surface area contributed by atoms with E-state index in [9.17, 15) is 13.6 Å². The molecule has 2 nitrogen and oxygen atoms in total. The third-order valence-electron chi connectivity index (χ3n) is 3.15. The first kappa shape index (κ1) is 15.2. The van der Waals surface area contributed by atoms with E-state index in [0.29, 0.717) is 11.5 Å². The summed E-state index contributed by atoms with van der Waals surface area (Å²) in [4.78, 5) is 12.0. The predicted octanol–water partition coefficient (Wildman–Crippen LogP) is 4.35. The van der Waals surface area contributed by atoms with Crippen molar-refractivity contribution >= 4 is 5.78 Å². The molecule has 110 valence electrons. The molecule has 0 radical (unpaired) electrons. The number of carbonyl (C=O) groups excluding carboxylic acids is 1. The third-order valence-corrected chi connectivity index (χ3v) is 3.15. The number of rotatable bonds is 5. The van der Waals surface area contributed by atoms with Crippen LogP contribution in [0.3, 0.4) is 0 Å². The Labute approximate surface area is 122 Å². The summed E-state index contributed by atoms with van der Waals surface area (Å²) in [5.74, 6) is -1.51. The van der Waals surface area contributed by atoms with Gasteiger partial charge in [0, 0.05) is 11.6 Å². The molecule has 21 heavy (non-hydrogen) atoms. The molecule has 0 bridgehead atoms. The Morgan fingerprint density at radius 3 is 2.33 bits per heavy atom. The van der Waals surface area contributed by atoms with E-state index < -0.39 is 11.6 Å². The molecule has 0 aliphatic carbocycles. The molecular weight excluding hydrogens is 274 g/mol. The number of benzene rings is 2. The summed E-state index contributed by atoms with van der Waals surface area (Å²) in [5.41, 5.74) is 1.64. The second kappa shape index (κ2) is 6.48. The quantitative estimate of drug-likeness (QED) is 0.765. The molecule has 0 N–H and O–H groups in total. The van der Waals surface area contributed by atoms with Crippen LogP contribution >= 0.6 is 0 Å². The highest BCUT2D eigenvalue weighted by molar-refractivity contribution is 5.97. The number of ketones is 1. The van der Waals surface area contributed by atoms with Gasteiger partial charge in [-0.3, -0.25) is 4.79 Å². The summed E-state index contributed by atoms with van der Waals surface area (Å²) >= 11 is 0. The summed E-state index contributed by atoms with van der Waals surface area (Å²) in [6.45, 7) is 3.85. The van der Waals surface area contributed by atoms with Crippen molar-refractivity contribution in [1.29, 1.82) is 0 Å². The van der Waals surface area contributed by atoms with Crippen molar-refractivity contribution in [3.63, 3.8) is 0 Å². The minimum atomic E-state index is -0.821. The number of Topliss-reactive ketones (excluding diaryl/α,β-unsaturated/α-hetero) is 1. The third kappa shape index (κ3) is 3.88. The average molecular weight is 290 g/mol. The van der Waals surface area contributed by atoms with Gasteiger partial charge in [-0.05, 0) is 23.6 Å². The molecule has 0 heterocycles. The lowest BCUT2D eigenvalue weighted by atomic mass is 10.0. The van der Waals surface area contributed by atoms with E-state index >= 15 is 0 Å².